The maximum Gasteiger partial charge on any atom is 0.102 e. The fourth-order valence-corrected chi connectivity index (χ4v) is 2.32. The summed E-state index contributed by atoms with van der Waals surface area (Å²) in [5.74, 6) is 0. The molecule has 0 aliphatic carbocycles. The highest BCUT2D eigenvalue weighted by atomic mass is 14.9. The molecule has 0 aromatic heterocycles. The van der Waals surface area contributed by atoms with E-state index in [-0.39, 0.29) is 0 Å². The van der Waals surface area contributed by atoms with Crippen molar-refractivity contribution in [1.82, 2.24) is 0 Å². The van der Waals surface area contributed by atoms with Crippen LogP contribution >= 0.6 is 0 Å². The lowest BCUT2D eigenvalue weighted by atomic mass is 10.0. The van der Waals surface area contributed by atoms with Gasteiger partial charge < -0.3 is 10.6 Å². The quantitative estimate of drug-likeness (QED) is 0.482. The second kappa shape index (κ2) is 2.31. The van der Waals surface area contributed by atoms with Gasteiger partial charge in [0.1, 0.15) is 26.2 Å². The van der Waals surface area contributed by atoms with Crippen molar-refractivity contribution in [3.63, 3.8) is 0 Å². The molecule has 1 aromatic rings. The maximum absolute atomic E-state index is 2.41. The number of hydrogen-bond acceptors (Lipinski definition) is 0. The first-order valence-electron chi connectivity index (χ1n) is 4.70. The largest absolute Gasteiger partial charge is 0.339 e. The van der Waals surface area contributed by atoms with Gasteiger partial charge >= 0.3 is 0 Å². The highest BCUT2D eigenvalue weighted by Crippen LogP contribution is 2.19. The van der Waals surface area contributed by atoms with Crippen LogP contribution in [0.5, 0.6) is 0 Å². The first kappa shape index (κ1) is 6.63. The van der Waals surface area contributed by atoms with Crippen LogP contribution in [-0.4, -0.2) is 0 Å². The van der Waals surface area contributed by atoms with Crippen LogP contribution in [0.25, 0.3) is 0 Å². The Morgan fingerprint density at radius 3 is 1.33 bits per heavy atom. The van der Waals surface area contributed by atoms with Crippen molar-refractivity contribution >= 4 is 0 Å². The summed E-state index contributed by atoms with van der Waals surface area (Å²) in [6, 6.07) is 4.83. The lowest BCUT2D eigenvalue weighted by Crippen LogP contribution is -2.78. The van der Waals surface area contributed by atoms with Gasteiger partial charge in [-0.3, -0.25) is 0 Å². The summed E-state index contributed by atoms with van der Waals surface area (Å²) < 4.78 is 0. The molecule has 0 fully saturated rings. The Morgan fingerprint density at radius 1 is 0.667 bits per heavy atom. The highest BCUT2D eigenvalue weighted by molar-refractivity contribution is 5.39. The molecule has 62 valence electrons. The Hall–Kier alpha value is -0.860. The van der Waals surface area contributed by atoms with E-state index in [0.717, 1.165) is 0 Å². The van der Waals surface area contributed by atoms with E-state index in [1.807, 2.05) is 0 Å². The van der Waals surface area contributed by atoms with E-state index in [0.29, 0.717) is 0 Å². The third-order valence-electron chi connectivity index (χ3n) is 2.98. The normalized spacial score (nSPS) is 19.3. The lowest BCUT2D eigenvalue weighted by molar-refractivity contribution is -0.677. The first-order chi connectivity index (χ1) is 5.93. The maximum atomic E-state index is 2.41. The van der Waals surface area contributed by atoms with Crippen molar-refractivity contribution < 1.29 is 10.6 Å². The second-order valence-electron chi connectivity index (χ2n) is 3.78. The Labute approximate surface area is 72.0 Å². The molecule has 0 spiro atoms. The molecule has 0 atom stereocenters. The van der Waals surface area contributed by atoms with Gasteiger partial charge in [0.15, 0.2) is 0 Å². The number of nitrogens with two attached hydrogens (primary N) is 2. The number of quaternary nitrogens is 2. The Kier molecular flexibility index (Phi) is 1.28. The molecule has 0 radical (unpaired) electrons. The number of benzene rings is 1. The monoisotopic (exact) mass is 162 g/mol. The summed E-state index contributed by atoms with van der Waals surface area (Å²) in [5, 5.41) is 4.76. The Morgan fingerprint density at radius 2 is 1.00 bits per heavy atom. The topological polar surface area (TPSA) is 33.2 Å². The molecule has 0 bridgehead atoms. The van der Waals surface area contributed by atoms with E-state index in [9.17, 15) is 0 Å². The molecule has 2 heteroatoms. The zero-order valence-electron chi connectivity index (χ0n) is 7.14. The van der Waals surface area contributed by atoms with Crippen molar-refractivity contribution in [1.29, 1.82) is 0 Å². The minimum Gasteiger partial charge on any atom is -0.339 e. The predicted octanol–water partition coefficient (Wildman–Crippen LogP) is -1.16. The van der Waals surface area contributed by atoms with Gasteiger partial charge in [-0.2, -0.15) is 0 Å². The van der Waals surface area contributed by atoms with Crippen LogP contribution < -0.4 is 10.6 Å². The van der Waals surface area contributed by atoms with Crippen molar-refractivity contribution in [3.05, 3.63) is 34.4 Å². The van der Waals surface area contributed by atoms with Crippen molar-refractivity contribution in [2.24, 2.45) is 0 Å². The summed E-state index contributed by atoms with van der Waals surface area (Å²) >= 11 is 0. The molecular weight excluding hydrogens is 148 g/mol. The first-order valence-corrected chi connectivity index (χ1v) is 4.70. The molecule has 2 aliphatic rings. The highest BCUT2D eigenvalue weighted by Gasteiger charge is 2.20. The van der Waals surface area contributed by atoms with Gasteiger partial charge in [0.2, 0.25) is 0 Å². The molecule has 2 aliphatic heterocycles. The van der Waals surface area contributed by atoms with Gasteiger partial charge in [0, 0.05) is 22.3 Å². The van der Waals surface area contributed by atoms with Crippen molar-refractivity contribution in [2.45, 2.75) is 26.2 Å². The molecular formula is C10H14N2+2. The molecule has 0 amide bonds. The standard InChI is InChI=1S/C10H12N2/c1-7-3-11-5-9(7)2-10-6-12-4-8(1)10/h1-2,11-12H,3-6H2/p+2. The molecule has 2 heterocycles. The smallest absolute Gasteiger partial charge is 0.102 e. The van der Waals surface area contributed by atoms with E-state index >= 15 is 0 Å². The molecule has 0 unspecified atom stereocenters. The summed E-state index contributed by atoms with van der Waals surface area (Å²) in [6.45, 7) is 4.79. The van der Waals surface area contributed by atoms with Crippen LogP contribution in [-0.2, 0) is 26.2 Å². The van der Waals surface area contributed by atoms with Crippen LogP contribution in [0.1, 0.15) is 22.3 Å². The summed E-state index contributed by atoms with van der Waals surface area (Å²) in [4.78, 5) is 0. The van der Waals surface area contributed by atoms with Gasteiger partial charge in [-0.15, -0.1) is 0 Å². The van der Waals surface area contributed by atoms with Crippen molar-refractivity contribution in [3.8, 4) is 0 Å². The third kappa shape index (κ3) is 0.822. The molecule has 12 heavy (non-hydrogen) atoms. The van der Waals surface area contributed by atoms with Crippen LogP contribution in [0.15, 0.2) is 12.1 Å². The zero-order valence-corrected chi connectivity index (χ0v) is 7.14. The SMILES string of the molecule is c1c2c(cc3c1C[NH2+]C3)C[NH2+]C2. The third-order valence-corrected chi connectivity index (χ3v) is 2.98. The Bertz CT molecular complexity index is 271. The van der Waals surface area contributed by atoms with Gasteiger partial charge in [0.25, 0.3) is 0 Å². The average Bonchev–Trinajstić information content (AvgIpc) is 2.64. The molecule has 4 N–H and O–H groups in total. The van der Waals surface area contributed by atoms with E-state index in [1.54, 1.807) is 22.3 Å². The zero-order chi connectivity index (χ0) is 7.97. The van der Waals surface area contributed by atoms with Gasteiger partial charge in [-0.1, -0.05) is 0 Å². The summed E-state index contributed by atoms with van der Waals surface area (Å²) in [5.41, 5.74) is 6.29. The molecule has 0 saturated carbocycles. The van der Waals surface area contributed by atoms with E-state index in [4.69, 9.17) is 0 Å². The molecule has 3 rings (SSSR count). The molecule has 1 aromatic carbocycles. The number of rotatable bonds is 0. The van der Waals surface area contributed by atoms with Crippen LogP contribution in [0.4, 0.5) is 0 Å². The minimum absolute atomic E-state index is 1.20. The minimum atomic E-state index is 1.20. The predicted molar refractivity (Wildman–Crippen MR) is 45.1 cm³/mol. The number of hydrogen-bond donors (Lipinski definition) is 2. The van der Waals surface area contributed by atoms with Crippen molar-refractivity contribution in [2.75, 3.05) is 0 Å². The Balaban J connectivity index is 2.18. The van der Waals surface area contributed by atoms with Crippen LogP contribution in [0.3, 0.4) is 0 Å². The van der Waals surface area contributed by atoms with Crippen LogP contribution in [0.2, 0.25) is 0 Å². The van der Waals surface area contributed by atoms with E-state index < -0.39 is 0 Å². The lowest BCUT2D eigenvalue weighted by Gasteiger charge is -1.97. The second-order valence-corrected chi connectivity index (χ2v) is 3.78. The average molecular weight is 162 g/mol. The summed E-state index contributed by atoms with van der Waals surface area (Å²) in [6.07, 6.45) is 0. The van der Waals surface area contributed by atoms with Gasteiger partial charge in [-0.05, 0) is 12.1 Å². The fourth-order valence-electron chi connectivity index (χ4n) is 2.32. The summed E-state index contributed by atoms with van der Waals surface area (Å²) in [7, 11) is 0. The molecule has 2 nitrogen and oxygen atoms in total. The number of fused-ring (bicyclic) bond motifs is 2. The fraction of sp³-hybridized carbons (Fsp3) is 0.400. The van der Waals surface area contributed by atoms with Gasteiger partial charge in [0.05, 0.1) is 0 Å². The van der Waals surface area contributed by atoms with E-state index in [1.165, 1.54) is 26.2 Å². The van der Waals surface area contributed by atoms with Crippen LogP contribution in [0, 0.1) is 0 Å². The van der Waals surface area contributed by atoms with Gasteiger partial charge in [-0.25, -0.2) is 0 Å². The van der Waals surface area contributed by atoms with E-state index in [2.05, 4.69) is 22.8 Å². The molecule has 0 saturated heterocycles.